The zero-order chi connectivity index (χ0) is 13.3. The van der Waals surface area contributed by atoms with E-state index in [1.54, 1.807) is 6.92 Å². The maximum absolute atomic E-state index is 12.5. The first-order valence-electron chi connectivity index (χ1n) is 4.76. The number of hydrogen-bond donors (Lipinski definition) is 2. The maximum Gasteiger partial charge on any atom is 0.433 e. The van der Waals surface area contributed by atoms with Crippen molar-refractivity contribution in [2.75, 3.05) is 5.73 Å². The number of aryl methyl sites for hydroxylation is 1. The van der Waals surface area contributed by atoms with Crippen LogP contribution in [0.5, 0.6) is 0 Å². The highest BCUT2D eigenvalue weighted by Crippen LogP contribution is 2.34. The van der Waals surface area contributed by atoms with Gasteiger partial charge < -0.3 is 5.73 Å². The number of anilines is 1. The first-order valence-corrected chi connectivity index (χ1v) is 5.57. The van der Waals surface area contributed by atoms with Crippen LogP contribution in [0.4, 0.5) is 18.9 Å². The Hall–Kier alpha value is -1.77. The van der Waals surface area contributed by atoms with E-state index >= 15 is 0 Å². The lowest BCUT2D eigenvalue weighted by atomic mass is 10.3. The van der Waals surface area contributed by atoms with Crippen molar-refractivity contribution >= 4 is 17.4 Å². The second kappa shape index (κ2) is 4.48. The molecule has 18 heavy (non-hydrogen) atoms. The Morgan fingerprint density at radius 2 is 2.11 bits per heavy atom. The lowest BCUT2D eigenvalue weighted by Crippen LogP contribution is -2.08. The van der Waals surface area contributed by atoms with Gasteiger partial charge in [0.2, 0.25) is 5.16 Å². The number of H-pyrrole nitrogens is 1. The number of nitrogen functional groups attached to an aromatic ring is 1. The molecule has 0 atom stereocenters. The number of hydrogen-bond acceptors (Lipinski definition) is 5. The zero-order valence-electron chi connectivity index (χ0n) is 9.12. The molecule has 2 rings (SSSR count). The average Bonchev–Trinajstić information content (AvgIpc) is 2.66. The van der Waals surface area contributed by atoms with Crippen molar-refractivity contribution in [2.24, 2.45) is 0 Å². The molecule has 0 aromatic carbocycles. The molecule has 0 aliphatic rings. The van der Waals surface area contributed by atoms with Crippen LogP contribution >= 0.6 is 11.8 Å². The van der Waals surface area contributed by atoms with Crippen molar-refractivity contribution in [3.63, 3.8) is 0 Å². The van der Waals surface area contributed by atoms with Crippen LogP contribution in [0.25, 0.3) is 0 Å². The third-order valence-electron chi connectivity index (χ3n) is 1.96. The number of alkyl halides is 3. The van der Waals surface area contributed by atoms with Gasteiger partial charge in [0, 0.05) is 4.90 Å². The number of aromatic nitrogens is 4. The average molecular weight is 275 g/mol. The number of nitrogens with one attached hydrogen (secondary N) is 1. The number of aromatic amines is 1. The predicted octanol–water partition coefficient (Wildman–Crippen LogP) is 2.26. The summed E-state index contributed by atoms with van der Waals surface area (Å²) in [7, 11) is 0. The summed E-state index contributed by atoms with van der Waals surface area (Å²) < 4.78 is 37.5. The first-order chi connectivity index (χ1) is 8.36. The molecule has 0 saturated carbocycles. The lowest BCUT2D eigenvalue weighted by Gasteiger charge is -2.08. The van der Waals surface area contributed by atoms with E-state index in [2.05, 4.69) is 20.2 Å². The van der Waals surface area contributed by atoms with Gasteiger partial charge in [0.15, 0.2) is 0 Å². The third kappa shape index (κ3) is 2.73. The molecule has 0 bridgehead atoms. The Kier molecular flexibility index (Phi) is 3.16. The van der Waals surface area contributed by atoms with Gasteiger partial charge in [-0.1, -0.05) is 0 Å². The quantitative estimate of drug-likeness (QED) is 0.878. The second-order valence-corrected chi connectivity index (χ2v) is 4.42. The topological polar surface area (TPSA) is 80.5 Å². The molecule has 2 heterocycles. The smallest absolute Gasteiger partial charge is 0.397 e. The fraction of sp³-hybridized carbons (Fsp3) is 0.222. The van der Waals surface area contributed by atoms with Gasteiger partial charge in [0.05, 0.1) is 11.9 Å². The van der Waals surface area contributed by atoms with Crippen LogP contribution in [0.15, 0.2) is 22.3 Å². The van der Waals surface area contributed by atoms with E-state index in [4.69, 9.17) is 5.73 Å². The molecule has 2 aromatic rings. The largest absolute Gasteiger partial charge is 0.433 e. The van der Waals surface area contributed by atoms with Crippen molar-refractivity contribution in [3.05, 3.63) is 23.8 Å². The lowest BCUT2D eigenvalue weighted by molar-refractivity contribution is -0.141. The van der Waals surface area contributed by atoms with Crippen LogP contribution in [0.1, 0.15) is 11.5 Å². The molecule has 0 amide bonds. The third-order valence-corrected chi connectivity index (χ3v) is 2.90. The minimum Gasteiger partial charge on any atom is -0.397 e. The van der Waals surface area contributed by atoms with Crippen LogP contribution < -0.4 is 5.73 Å². The summed E-state index contributed by atoms with van der Waals surface area (Å²) in [6, 6.07) is 0.881. The molecule has 96 valence electrons. The number of halogens is 3. The van der Waals surface area contributed by atoms with Crippen molar-refractivity contribution in [1.29, 1.82) is 0 Å². The highest BCUT2D eigenvalue weighted by atomic mass is 32.2. The summed E-state index contributed by atoms with van der Waals surface area (Å²) in [6.45, 7) is 1.69. The molecule has 0 aliphatic carbocycles. The molecule has 0 unspecified atom stereocenters. The van der Waals surface area contributed by atoms with E-state index in [0.29, 0.717) is 11.0 Å². The van der Waals surface area contributed by atoms with Gasteiger partial charge in [0.25, 0.3) is 0 Å². The van der Waals surface area contributed by atoms with E-state index in [9.17, 15) is 13.2 Å². The van der Waals surface area contributed by atoms with Gasteiger partial charge in [-0.2, -0.15) is 13.2 Å². The summed E-state index contributed by atoms with van der Waals surface area (Å²) >= 11 is 0.947. The molecule has 0 radical (unpaired) electrons. The van der Waals surface area contributed by atoms with E-state index < -0.39 is 11.9 Å². The number of rotatable bonds is 2. The second-order valence-electron chi connectivity index (χ2n) is 3.41. The molecular weight excluding hydrogens is 267 g/mol. The summed E-state index contributed by atoms with van der Waals surface area (Å²) in [5.41, 5.74) is 4.73. The summed E-state index contributed by atoms with van der Waals surface area (Å²) in [6.07, 6.45) is -3.53. The Morgan fingerprint density at radius 3 is 2.67 bits per heavy atom. The highest BCUT2D eigenvalue weighted by molar-refractivity contribution is 7.99. The zero-order valence-corrected chi connectivity index (χ0v) is 9.93. The number of nitrogens with two attached hydrogens (primary N) is 1. The van der Waals surface area contributed by atoms with Gasteiger partial charge >= 0.3 is 6.18 Å². The van der Waals surface area contributed by atoms with Crippen LogP contribution in [-0.4, -0.2) is 20.2 Å². The monoisotopic (exact) mass is 275 g/mol. The van der Waals surface area contributed by atoms with E-state index in [0.717, 1.165) is 24.0 Å². The molecule has 2 aromatic heterocycles. The molecule has 0 fully saturated rings. The fourth-order valence-corrected chi connectivity index (χ4v) is 1.97. The molecule has 0 spiro atoms. The van der Waals surface area contributed by atoms with Crippen LogP contribution in [-0.2, 0) is 6.18 Å². The van der Waals surface area contributed by atoms with Crippen molar-refractivity contribution in [2.45, 2.75) is 23.2 Å². The SMILES string of the molecule is Cc1nc(Sc2cc(C(F)(F)F)ncc2N)n[nH]1. The van der Waals surface area contributed by atoms with Crippen molar-refractivity contribution in [3.8, 4) is 0 Å². The Labute approximate surface area is 104 Å². The Morgan fingerprint density at radius 1 is 1.39 bits per heavy atom. The summed E-state index contributed by atoms with van der Waals surface area (Å²) in [4.78, 5) is 7.44. The Balaban J connectivity index is 2.32. The minimum absolute atomic E-state index is 0.149. The summed E-state index contributed by atoms with van der Waals surface area (Å²) in [5, 5.41) is 6.71. The first kappa shape index (κ1) is 12.7. The van der Waals surface area contributed by atoms with Crippen LogP contribution in [0.3, 0.4) is 0 Å². The number of nitrogens with zero attached hydrogens (tertiary/aromatic N) is 3. The highest BCUT2D eigenvalue weighted by Gasteiger charge is 2.33. The normalized spacial score (nSPS) is 11.8. The molecule has 0 aliphatic heterocycles. The van der Waals surface area contributed by atoms with E-state index in [1.165, 1.54) is 0 Å². The Bertz CT molecular complexity index is 566. The van der Waals surface area contributed by atoms with Gasteiger partial charge in [-0.3, -0.25) is 5.10 Å². The molecule has 9 heteroatoms. The van der Waals surface area contributed by atoms with Crippen molar-refractivity contribution in [1.82, 2.24) is 20.2 Å². The van der Waals surface area contributed by atoms with Crippen LogP contribution in [0.2, 0.25) is 0 Å². The standard InChI is InChI=1S/C9H8F3N5S/c1-4-15-8(17-16-4)18-6-2-7(9(10,11)12)14-3-5(6)13/h2-3H,13H2,1H3,(H,15,16,17). The van der Waals surface area contributed by atoms with Crippen LogP contribution in [0, 0.1) is 6.92 Å². The van der Waals surface area contributed by atoms with E-state index in [-0.39, 0.29) is 10.6 Å². The fourth-order valence-electron chi connectivity index (χ4n) is 1.16. The van der Waals surface area contributed by atoms with Gasteiger partial charge in [-0.25, -0.2) is 9.97 Å². The minimum atomic E-state index is -4.50. The maximum atomic E-state index is 12.5. The van der Waals surface area contributed by atoms with Gasteiger partial charge in [-0.15, -0.1) is 5.10 Å². The predicted molar refractivity (Wildman–Crippen MR) is 58.9 cm³/mol. The molecule has 0 saturated heterocycles. The number of pyridine rings is 1. The molecule has 5 nitrogen and oxygen atoms in total. The molecule has 3 N–H and O–H groups in total. The summed E-state index contributed by atoms with van der Waals surface area (Å²) in [5.74, 6) is 0.571. The molecular formula is C9H8F3N5S. The van der Waals surface area contributed by atoms with Gasteiger partial charge in [-0.05, 0) is 24.8 Å². The van der Waals surface area contributed by atoms with Gasteiger partial charge in [0.1, 0.15) is 11.5 Å². The van der Waals surface area contributed by atoms with Crippen molar-refractivity contribution < 1.29 is 13.2 Å². The van der Waals surface area contributed by atoms with E-state index in [1.807, 2.05) is 0 Å².